The van der Waals surface area contributed by atoms with Crippen LogP contribution in [0.25, 0.3) is 0 Å². The van der Waals surface area contributed by atoms with Gasteiger partial charge >= 0.3 is 0 Å². The van der Waals surface area contributed by atoms with Crippen molar-refractivity contribution in [1.82, 2.24) is 0 Å². The van der Waals surface area contributed by atoms with Gasteiger partial charge in [-0.05, 0) is 38.5 Å². The van der Waals surface area contributed by atoms with Gasteiger partial charge in [-0.3, -0.25) is 0 Å². The summed E-state index contributed by atoms with van der Waals surface area (Å²) in [5, 5.41) is 51.7. The number of fused-ring (bicyclic) bond motifs is 1. The Kier molecular flexibility index (Phi) is 8.77. The average molecular weight is 535 g/mol. The first-order chi connectivity index (χ1) is 17.7. The molecule has 0 radical (unpaired) electrons. The molecule has 0 amide bonds. The molecule has 5 aliphatic rings. The third-order valence-electron chi connectivity index (χ3n) is 8.49. The molecule has 13 atom stereocenters. The van der Waals surface area contributed by atoms with E-state index in [4.69, 9.17) is 33.2 Å². The Morgan fingerprint density at radius 3 is 2.32 bits per heavy atom. The lowest BCUT2D eigenvalue weighted by atomic mass is 9.85. The van der Waals surface area contributed by atoms with Crippen molar-refractivity contribution in [2.75, 3.05) is 26.4 Å². The largest absolute Gasteiger partial charge is 0.394 e. The van der Waals surface area contributed by atoms with Crippen molar-refractivity contribution < 1.29 is 58.7 Å². The highest BCUT2D eigenvalue weighted by Gasteiger charge is 2.54. The van der Waals surface area contributed by atoms with Gasteiger partial charge in [0.25, 0.3) is 0 Å². The fourth-order valence-corrected chi connectivity index (χ4v) is 6.12. The monoisotopic (exact) mass is 534 g/mol. The highest BCUT2D eigenvalue weighted by atomic mass is 16.7. The number of aliphatic hydroxyl groups is 5. The van der Waals surface area contributed by atoms with E-state index in [-0.39, 0.29) is 5.92 Å². The fraction of sp³-hybridized carbons (Fsp3) is 1.00. The normalized spacial score (nSPS) is 50.5. The van der Waals surface area contributed by atoms with E-state index >= 15 is 0 Å². The molecule has 6 unspecified atom stereocenters. The predicted octanol–water partition coefficient (Wildman–Crippen LogP) is -1.18. The van der Waals surface area contributed by atoms with Crippen molar-refractivity contribution in [2.24, 2.45) is 5.92 Å². The van der Waals surface area contributed by atoms with E-state index in [9.17, 15) is 25.5 Å². The van der Waals surface area contributed by atoms with Crippen LogP contribution in [0.5, 0.6) is 0 Å². The van der Waals surface area contributed by atoms with Crippen LogP contribution in [0.1, 0.15) is 46.0 Å². The van der Waals surface area contributed by atoms with Gasteiger partial charge in [0.1, 0.15) is 48.3 Å². The molecule has 1 aliphatic carbocycles. The van der Waals surface area contributed by atoms with Crippen LogP contribution < -0.4 is 0 Å². The fourth-order valence-electron chi connectivity index (χ4n) is 6.12. The molecule has 0 aromatic carbocycles. The van der Waals surface area contributed by atoms with E-state index in [0.29, 0.717) is 26.2 Å². The van der Waals surface area contributed by atoms with Crippen molar-refractivity contribution in [3.63, 3.8) is 0 Å². The quantitative estimate of drug-likeness (QED) is 0.287. The number of rotatable bonds is 5. The highest BCUT2D eigenvalue weighted by molar-refractivity contribution is 4.99. The van der Waals surface area contributed by atoms with Crippen LogP contribution in [0, 0.1) is 5.92 Å². The van der Waals surface area contributed by atoms with E-state index in [1.54, 1.807) is 6.92 Å². The van der Waals surface area contributed by atoms with Gasteiger partial charge in [-0.15, -0.1) is 0 Å². The summed E-state index contributed by atoms with van der Waals surface area (Å²) in [6.45, 7) is 4.53. The maximum atomic E-state index is 11.0. The molecule has 5 fully saturated rings. The van der Waals surface area contributed by atoms with Gasteiger partial charge in [-0.1, -0.05) is 13.3 Å². The smallest absolute Gasteiger partial charge is 0.187 e. The first kappa shape index (κ1) is 28.1. The summed E-state index contributed by atoms with van der Waals surface area (Å²) in [6.07, 6.45) is -7.48. The number of hydrogen-bond acceptors (Lipinski definition) is 12. The van der Waals surface area contributed by atoms with Crippen LogP contribution in [0.15, 0.2) is 0 Å². The van der Waals surface area contributed by atoms with Gasteiger partial charge in [-0.25, -0.2) is 0 Å². The van der Waals surface area contributed by atoms with Gasteiger partial charge in [0.2, 0.25) is 0 Å². The molecule has 12 heteroatoms. The Bertz CT molecular complexity index is 751. The summed E-state index contributed by atoms with van der Waals surface area (Å²) in [7, 11) is 0. The Morgan fingerprint density at radius 2 is 1.62 bits per heavy atom. The van der Waals surface area contributed by atoms with Gasteiger partial charge in [0.15, 0.2) is 12.6 Å². The third kappa shape index (κ3) is 5.59. The summed E-state index contributed by atoms with van der Waals surface area (Å²) < 4.78 is 42.3. The minimum atomic E-state index is -1.42. The zero-order valence-electron chi connectivity index (χ0n) is 21.5. The van der Waals surface area contributed by atoms with Crippen molar-refractivity contribution in [1.29, 1.82) is 0 Å². The molecular weight excluding hydrogens is 492 g/mol. The van der Waals surface area contributed by atoms with Crippen molar-refractivity contribution in [3.8, 4) is 0 Å². The molecule has 0 aromatic heterocycles. The van der Waals surface area contributed by atoms with Crippen LogP contribution >= 0.6 is 0 Å². The van der Waals surface area contributed by atoms with E-state index in [0.717, 1.165) is 25.7 Å². The Labute approximate surface area is 216 Å². The van der Waals surface area contributed by atoms with E-state index in [2.05, 4.69) is 0 Å². The second-order valence-electron chi connectivity index (χ2n) is 11.3. The number of ether oxygens (including phenoxy) is 7. The van der Waals surface area contributed by atoms with Crippen LogP contribution in [-0.2, 0) is 33.2 Å². The zero-order valence-corrected chi connectivity index (χ0v) is 21.5. The first-order valence-electron chi connectivity index (χ1n) is 13.5. The van der Waals surface area contributed by atoms with Crippen LogP contribution in [-0.4, -0.2) is 131 Å². The second kappa shape index (κ2) is 11.6. The Hall–Kier alpha value is -0.480. The minimum Gasteiger partial charge on any atom is -0.394 e. The highest BCUT2D eigenvalue weighted by Crippen LogP contribution is 2.39. The Morgan fingerprint density at radius 1 is 0.838 bits per heavy atom. The number of aliphatic hydroxyl groups excluding tert-OH is 5. The van der Waals surface area contributed by atoms with Gasteiger partial charge in [0.05, 0.1) is 38.1 Å². The standard InChI is InChI=1S/C25H42O12/c1-12-5-3-6-14(20(12)36-23-19(30)18(29)16(27)13(2)33-23)34-24-22-21(17(28)15(9-26)35-24)37-25(10-31-11-25)7-4-8-32-22/h12-24,26-30H,3-11H2,1-2H3/t12-,13?,14-,15?,16-,17+,18?,19+,20?,21?,22?,23+,24-/m1/s1. The molecule has 5 rings (SSSR count). The van der Waals surface area contributed by atoms with Crippen molar-refractivity contribution in [2.45, 2.75) is 125 Å². The van der Waals surface area contributed by atoms with Crippen LogP contribution in [0.3, 0.4) is 0 Å². The first-order valence-corrected chi connectivity index (χ1v) is 13.5. The molecule has 214 valence electrons. The molecule has 0 aromatic rings. The molecule has 1 saturated carbocycles. The van der Waals surface area contributed by atoms with Gasteiger partial charge in [-0.2, -0.15) is 0 Å². The molecule has 0 bridgehead atoms. The van der Waals surface area contributed by atoms with E-state index in [1.165, 1.54) is 0 Å². The summed E-state index contributed by atoms with van der Waals surface area (Å²) in [5.41, 5.74) is -0.489. The van der Waals surface area contributed by atoms with E-state index in [1.807, 2.05) is 6.92 Å². The molecule has 4 saturated heterocycles. The molecule has 4 aliphatic heterocycles. The Balaban J connectivity index is 1.33. The second-order valence-corrected chi connectivity index (χ2v) is 11.3. The van der Waals surface area contributed by atoms with Gasteiger partial charge < -0.3 is 58.7 Å². The molecule has 12 nitrogen and oxygen atoms in total. The molecular formula is C25H42O12. The van der Waals surface area contributed by atoms with Crippen molar-refractivity contribution in [3.05, 3.63) is 0 Å². The summed E-state index contributed by atoms with van der Waals surface area (Å²) >= 11 is 0. The maximum absolute atomic E-state index is 11.0. The number of hydrogen-bond donors (Lipinski definition) is 5. The van der Waals surface area contributed by atoms with Crippen LogP contribution in [0.2, 0.25) is 0 Å². The lowest BCUT2D eigenvalue weighted by molar-refractivity contribution is -0.370. The summed E-state index contributed by atoms with van der Waals surface area (Å²) in [4.78, 5) is 0. The maximum Gasteiger partial charge on any atom is 0.187 e. The topological polar surface area (TPSA) is 166 Å². The van der Waals surface area contributed by atoms with Crippen molar-refractivity contribution >= 4 is 0 Å². The minimum absolute atomic E-state index is 0.0392. The van der Waals surface area contributed by atoms with Gasteiger partial charge in [0, 0.05) is 6.61 Å². The van der Waals surface area contributed by atoms with Crippen LogP contribution in [0.4, 0.5) is 0 Å². The lowest BCUT2D eigenvalue weighted by Gasteiger charge is -2.52. The summed E-state index contributed by atoms with van der Waals surface area (Å²) in [5.74, 6) is 0.0392. The molecule has 5 N–H and O–H groups in total. The summed E-state index contributed by atoms with van der Waals surface area (Å²) in [6, 6.07) is 0. The van der Waals surface area contributed by atoms with E-state index < -0.39 is 85.8 Å². The molecule has 37 heavy (non-hydrogen) atoms. The predicted molar refractivity (Wildman–Crippen MR) is 124 cm³/mol. The molecule has 4 heterocycles. The SMILES string of the molecule is CC1O[C@@H](OC2[C@H](C)CCC[C@H]2O[C@@H]2OC(CO)[C@H](O)C3OC4(CCCOC32)COC4)[C@@H](O)C(O)[C@@H]1O. The molecule has 1 spiro atoms. The lowest BCUT2D eigenvalue weighted by Crippen LogP contribution is -2.67. The zero-order chi connectivity index (χ0) is 26.3. The average Bonchev–Trinajstić information content (AvgIpc) is 2.84. The third-order valence-corrected chi connectivity index (χ3v) is 8.49.